The van der Waals surface area contributed by atoms with E-state index in [1.165, 1.54) is 19.0 Å². The van der Waals surface area contributed by atoms with Gasteiger partial charge in [0.2, 0.25) is 5.91 Å². The Balaban J connectivity index is 1.47. The monoisotopic (exact) mass is 421 g/mol. The zero-order chi connectivity index (χ0) is 22.0. The number of hydrogen-bond donors (Lipinski definition) is 0. The molecule has 0 aliphatic carbocycles. The van der Waals surface area contributed by atoms with Crippen molar-refractivity contribution in [3.8, 4) is 11.5 Å². The lowest BCUT2D eigenvalue weighted by Gasteiger charge is -2.33. The molecule has 2 aromatic carbocycles. The summed E-state index contributed by atoms with van der Waals surface area (Å²) < 4.78 is 12.1. The number of amides is 1. The lowest BCUT2D eigenvalue weighted by Crippen LogP contribution is -2.36. The van der Waals surface area contributed by atoms with Crippen LogP contribution in [0.4, 0.5) is 5.69 Å². The maximum Gasteiger partial charge on any atom is 0.261 e. The van der Waals surface area contributed by atoms with E-state index in [2.05, 4.69) is 18.0 Å². The molecule has 0 fully saturated rings. The lowest BCUT2D eigenvalue weighted by atomic mass is 9.91. The molecule has 3 aromatic rings. The summed E-state index contributed by atoms with van der Waals surface area (Å²) in [7, 11) is 3.08. The minimum absolute atomic E-state index is 0.0903. The molecule has 0 saturated heterocycles. The average Bonchev–Trinajstić information content (AvgIpc) is 2.80. The van der Waals surface area contributed by atoms with E-state index in [9.17, 15) is 9.59 Å². The number of aryl methyl sites for hydroxylation is 1. The molecule has 1 aliphatic heterocycles. The Bertz CT molecular complexity index is 1170. The summed E-state index contributed by atoms with van der Waals surface area (Å²) in [6.45, 7) is 3.36. The quantitative estimate of drug-likeness (QED) is 0.606. The molecular weight excluding hydrogens is 394 g/mol. The summed E-state index contributed by atoms with van der Waals surface area (Å²) in [4.78, 5) is 32.1. The molecule has 1 unspecified atom stereocenters. The molecule has 1 aliphatic rings. The number of para-hydroxylation sites is 1. The maximum atomic E-state index is 12.9. The minimum Gasteiger partial charge on any atom is -0.493 e. The van der Waals surface area contributed by atoms with Crippen LogP contribution in [0.5, 0.6) is 11.5 Å². The van der Waals surface area contributed by atoms with E-state index in [1.807, 2.05) is 23.1 Å². The SMILES string of the molecule is COc1cc2ncn(CCCC(=O)N3CCC(C)c4ccccc43)c(=O)c2cc1OC. The van der Waals surface area contributed by atoms with Crippen LogP contribution in [-0.2, 0) is 11.3 Å². The summed E-state index contributed by atoms with van der Waals surface area (Å²) >= 11 is 0. The van der Waals surface area contributed by atoms with Crippen molar-refractivity contribution >= 4 is 22.5 Å². The first-order chi connectivity index (χ1) is 15.0. The molecule has 1 aromatic heterocycles. The number of aromatic nitrogens is 2. The highest BCUT2D eigenvalue weighted by molar-refractivity contribution is 5.94. The van der Waals surface area contributed by atoms with Gasteiger partial charge < -0.3 is 14.4 Å². The van der Waals surface area contributed by atoms with Crippen LogP contribution in [0.15, 0.2) is 47.5 Å². The van der Waals surface area contributed by atoms with Crippen LogP contribution >= 0.6 is 0 Å². The minimum atomic E-state index is -0.157. The molecule has 31 heavy (non-hydrogen) atoms. The van der Waals surface area contributed by atoms with Crippen molar-refractivity contribution in [1.82, 2.24) is 9.55 Å². The van der Waals surface area contributed by atoms with Gasteiger partial charge in [0, 0.05) is 31.3 Å². The summed E-state index contributed by atoms with van der Waals surface area (Å²) in [6.07, 6.45) is 3.42. The highest BCUT2D eigenvalue weighted by Gasteiger charge is 2.25. The zero-order valence-electron chi connectivity index (χ0n) is 18.1. The van der Waals surface area contributed by atoms with Crippen molar-refractivity contribution in [2.75, 3.05) is 25.7 Å². The highest BCUT2D eigenvalue weighted by atomic mass is 16.5. The van der Waals surface area contributed by atoms with Gasteiger partial charge in [0.15, 0.2) is 11.5 Å². The predicted molar refractivity (Wildman–Crippen MR) is 120 cm³/mol. The van der Waals surface area contributed by atoms with E-state index < -0.39 is 0 Å². The van der Waals surface area contributed by atoms with Gasteiger partial charge in [-0.1, -0.05) is 25.1 Å². The molecule has 162 valence electrons. The second-order valence-electron chi connectivity index (χ2n) is 7.86. The number of nitrogens with zero attached hydrogens (tertiary/aromatic N) is 3. The smallest absolute Gasteiger partial charge is 0.261 e. The van der Waals surface area contributed by atoms with E-state index >= 15 is 0 Å². The fourth-order valence-electron chi connectivity index (χ4n) is 4.19. The molecule has 2 heterocycles. The first kappa shape index (κ1) is 20.9. The van der Waals surface area contributed by atoms with Gasteiger partial charge in [-0.15, -0.1) is 0 Å². The molecule has 0 N–H and O–H groups in total. The number of carbonyl (C=O) groups excluding carboxylic acids is 1. The third kappa shape index (κ3) is 4.00. The largest absolute Gasteiger partial charge is 0.493 e. The molecule has 1 atom stereocenters. The van der Waals surface area contributed by atoms with E-state index in [4.69, 9.17) is 9.47 Å². The molecule has 4 rings (SSSR count). The highest BCUT2D eigenvalue weighted by Crippen LogP contribution is 2.35. The first-order valence-electron chi connectivity index (χ1n) is 10.5. The summed E-state index contributed by atoms with van der Waals surface area (Å²) in [5, 5.41) is 0.463. The number of rotatable bonds is 6. The van der Waals surface area contributed by atoms with Crippen molar-refractivity contribution in [2.45, 2.75) is 38.6 Å². The van der Waals surface area contributed by atoms with Crippen molar-refractivity contribution in [3.63, 3.8) is 0 Å². The Morgan fingerprint density at radius 3 is 2.68 bits per heavy atom. The second-order valence-corrected chi connectivity index (χ2v) is 7.86. The molecule has 0 spiro atoms. The first-order valence-corrected chi connectivity index (χ1v) is 10.5. The van der Waals surface area contributed by atoms with Crippen molar-refractivity contribution in [2.24, 2.45) is 0 Å². The fraction of sp³-hybridized carbons (Fsp3) is 0.375. The van der Waals surface area contributed by atoms with Crippen LogP contribution in [0.1, 0.15) is 37.7 Å². The van der Waals surface area contributed by atoms with Crippen LogP contribution in [0.25, 0.3) is 10.9 Å². The van der Waals surface area contributed by atoms with Crippen LogP contribution in [0.2, 0.25) is 0 Å². The summed E-state index contributed by atoms with van der Waals surface area (Å²) in [6, 6.07) is 11.5. The van der Waals surface area contributed by atoms with E-state index in [1.54, 1.807) is 23.8 Å². The topological polar surface area (TPSA) is 73.7 Å². The average molecular weight is 421 g/mol. The molecular formula is C24H27N3O4. The Labute approximate surface area is 181 Å². The Kier molecular flexibility index (Phi) is 5.93. The van der Waals surface area contributed by atoms with E-state index in [0.29, 0.717) is 47.7 Å². The number of methoxy groups -OCH3 is 2. The van der Waals surface area contributed by atoms with Gasteiger partial charge in [0.05, 0.1) is 31.4 Å². The third-order valence-corrected chi connectivity index (χ3v) is 5.96. The van der Waals surface area contributed by atoms with Crippen LogP contribution in [-0.4, -0.2) is 36.2 Å². The van der Waals surface area contributed by atoms with Crippen LogP contribution in [0.3, 0.4) is 0 Å². The number of hydrogen-bond acceptors (Lipinski definition) is 5. The van der Waals surface area contributed by atoms with Crippen molar-refractivity contribution in [1.29, 1.82) is 0 Å². The Hall–Kier alpha value is -3.35. The molecule has 7 heteroatoms. The van der Waals surface area contributed by atoms with E-state index in [-0.39, 0.29) is 11.5 Å². The number of benzene rings is 2. The summed E-state index contributed by atoms with van der Waals surface area (Å²) in [5.41, 5.74) is 2.63. The molecule has 0 bridgehead atoms. The van der Waals surface area contributed by atoms with Gasteiger partial charge >= 0.3 is 0 Å². The van der Waals surface area contributed by atoms with Gasteiger partial charge in [0.1, 0.15) is 0 Å². The fourth-order valence-corrected chi connectivity index (χ4v) is 4.19. The zero-order valence-corrected chi connectivity index (χ0v) is 18.1. The Morgan fingerprint density at radius 1 is 1.16 bits per heavy atom. The number of fused-ring (bicyclic) bond motifs is 2. The molecule has 0 saturated carbocycles. The number of ether oxygens (including phenoxy) is 2. The van der Waals surface area contributed by atoms with Gasteiger partial charge in [-0.25, -0.2) is 4.98 Å². The number of anilines is 1. The Morgan fingerprint density at radius 2 is 1.90 bits per heavy atom. The standard InChI is InChI=1S/C24H27N3O4/c1-16-10-12-27(20-8-5-4-7-17(16)20)23(28)9-6-11-26-15-25-19-14-22(31-3)21(30-2)13-18(19)24(26)29/h4-5,7-8,13-16H,6,9-12H2,1-3H3. The molecule has 0 radical (unpaired) electrons. The second kappa shape index (κ2) is 8.79. The van der Waals surface area contributed by atoms with Gasteiger partial charge in [-0.2, -0.15) is 0 Å². The summed E-state index contributed by atoms with van der Waals surface area (Å²) in [5.74, 6) is 1.56. The predicted octanol–water partition coefficient (Wildman–Crippen LogP) is 3.73. The van der Waals surface area contributed by atoms with Crippen LogP contribution in [0, 0.1) is 0 Å². The molecule has 1 amide bonds. The van der Waals surface area contributed by atoms with Gasteiger partial charge in [-0.3, -0.25) is 14.2 Å². The van der Waals surface area contributed by atoms with Gasteiger partial charge in [0.25, 0.3) is 5.56 Å². The normalized spacial score (nSPS) is 15.6. The lowest BCUT2D eigenvalue weighted by molar-refractivity contribution is -0.118. The third-order valence-electron chi connectivity index (χ3n) is 5.96. The maximum absolute atomic E-state index is 12.9. The van der Waals surface area contributed by atoms with Crippen molar-refractivity contribution in [3.05, 3.63) is 58.6 Å². The van der Waals surface area contributed by atoms with Gasteiger partial charge in [-0.05, 0) is 36.5 Å². The van der Waals surface area contributed by atoms with E-state index in [0.717, 1.165) is 18.7 Å². The number of carbonyl (C=O) groups is 1. The van der Waals surface area contributed by atoms with Crippen molar-refractivity contribution < 1.29 is 14.3 Å². The van der Waals surface area contributed by atoms with Crippen LogP contribution < -0.4 is 19.9 Å². The molecule has 7 nitrogen and oxygen atoms in total.